The maximum atomic E-state index is 12.0. The lowest BCUT2D eigenvalue weighted by Crippen LogP contribution is -2.09. The normalized spacial score (nSPS) is 12.3. The Kier molecular flexibility index (Phi) is 7.06. The number of nitrogens with zero attached hydrogens (tertiary/aromatic N) is 5. The molecule has 16 aromatic rings. The van der Waals surface area contributed by atoms with Crippen LogP contribution in [0.3, 0.4) is 0 Å². The monoisotopic (exact) mass is 893 g/mol. The van der Waals surface area contributed by atoms with Gasteiger partial charge in [-0.05, 0) is 60.7 Å². The first-order valence-electron chi connectivity index (χ1n) is 23.2. The molecule has 0 atom stereocenters. The van der Waals surface area contributed by atoms with Crippen molar-refractivity contribution < 1.29 is 13.3 Å². The van der Waals surface area contributed by atoms with E-state index in [4.69, 9.17) is 13.3 Å². The van der Waals surface area contributed by atoms with Crippen LogP contribution < -0.4 is 0 Å². The fourth-order valence-corrected chi connectivity index (χ4v) is 11.8. The molecule has 16 rings (SSSR count). The number of furan rings is 3. The van der Waals surface area contributed by atoms with Gasteiger partial charge in [-0.25, -0.2) is 4.85 Å². The molecule has 0 unspecified atom stereocenters. The summed E-state index contributed by atoms with van der Waals surface area (Å²) in [5.74, 6) is 0. The van der Waals surface area contributed by atoms with Crippen LogP contribution in [0.5, 0.6) is 0 Å². The van der Waals surface area contributed by atoms with Crippen LogP contribution in [0, 0.1) is 17.9 Å². The highest BCUT2D eigenvalue weighted by molar-refractivity contribution is 6.25. The first kappa shape index (κ1) is 37.1. The Morgan fingerprint density at radius 3 is 1.13 bits per heavy atom. The van der Waals surface area contributed by atoms with E-state index in [1.54, 1.807) is 0 Å². The van der Waals surface area contributed by atoms with Gasteiger partial charge in [-0.3, -0.25) is 0 Å². The van der Waals surface area contributed by atoms with Gasteiger partial charge >= 0.3 is 0 Å². The van der Waals surface area contributed by atoms with Crippen LogP contribution in [-0.4, -0.2) is 13.7 Å². The quantitative estimate of drug-likeness (QED) is 0.165. The van der Waals surface area contributed by atoms with E-state index >= 15 is 0 Å². The SMILES string of the molecule is [C-]#[N+]c1c(-n2c3ccccc3c3ccc4c5ccccc5oc4c32)cc(C#N)c(-n2c3ccccc3c3ccc4c5ccccc5oc4c32)c1-n1c2ccccc2c2ccc3c4ccccc4oc3c21. The lowest BCUT2D eigenvalue weighted by molar-refractivity contribution is 0.670. The van der Waals surface area contributed by atoms with E-state index in [0.29, 0.717) is 45.1 Å². The summed E-state index contributed by atoms with van der Waals surface area (Å²) in [7, 11) is 0. The van der Waals surface area contributed by atoms with Gasteiger partial charge in [-0.15, -0.1) is 0 Å². The molecule has 0 fully saturated rings. The van der Waals surface area contributed by atoms with Gasteiger partial charge < -0.3 is 27.0 Å². The van der Waals surface area contributed by atoms with Crippen molar-refractivity contribution in [2.45, 2.75) is 0 Å². The topological polar surface area (TPSA) is 82.4 Å². The molecule has 8 heteroatoms. The third-order valence-corrected chi connectivity index (χ3v) is 14.7. The highest BCUT2D eigenvalue weighted by atomic mass is 16.3. The number of aromatic nitrogens is 3. The Hall–Kier alpha value is -10.0. The van der Waals surface area contributed by atoms with Gasteiger partial charge in [-0.2, -0.15) is 5.26 Å². The Balaban J connectivity index is 1.18. The van der Waals surface area contributed by atoms with Gasteiger partial charge in [0.25, 0.3) is 0 Å². The van der Waals surface area contributed by atoms with Crippen molar-refractivity contribution in [1.29, 1.82) is 5.26 Å². The fourth-order valence-electron chi connectivity index (χ4n) is 11.8. The maximum absolute atomic E-state index is 12.0. The zero-order chi connectivity index (χ0) is 45.9. The standard InChI is InChI=1S/C62H31N5O3/c1-64-54-50(65-47-20-8-2-14-35(47)41-26-29-44-38-17-5-11-23-51(38)68-60(44)56(41)65)32-34(33-63)55(66-48-21-9-3-15-36(48)42-27-30-45-39-18-6-12-24-52(39)69-61(45)57(42)66)59(54)67-49-22-10-4-16-37(49)43-28-31-46-40-19-7-13-25-53(40)70-62(46)58(43)67/h2-32H. The van der Waals surface area contributed by atoms with E-state index in [9.17, 15) is 11.8 Å². The lowest BCUT2D eigenvalue weighted by Gasteiger charge is -2.23. The summed E-state index contributed by atoms with van der Waals surface area (Å²) in [6.07, 6.45) is 0. The van der Waals surface area contributed by atoms with Crippen LogP contribution in [0.4, 0.5) is 5.69 Å². The second kappa shape index (κ2) is 13.3. The summed E-state index contributed by atoms with van der Waals surface area (Å²) in [4.78, 5) is 4.66. The molecule has 0 spiro atoms. The number of rotatable bonds is 3. The molecule has 0 aliphatic carbocycles. The molecule has 6 aromatic heterocycles. The molecule has 0 radical (unpaired) electrons. The van der Waals surface area contributed by atoms with E-state index in [0.717, 1.165) is 114 Å². The smallest absolute Gasteiger partial charge is 0.236 e. The molecule has 10 aromatic carbocycles. The second-order valence-corrected chi connectivity index (χ2v) is 18.1. The van der Waals surface area contributed by atoms with Crippen LogP contribution >= 0.6 is 0 Å². The highest BCUT2D eigenvalue weighted by Gasteiger charge is 2.32. The van der Waals surface area contributed by atoms with E-state index in [2.05, 4.69) is 116 Å². The van der Waals surface area contributed by atoms with E-state index < -0.39 is 0 Å². The Morgan fingerprint density at radius 2 is 0.714 bits per heavy atom. The predicted molar refractivity (Wildman–Crippen MR) is 282 cm³/mol. The molecule has 0 aliphatic heterocycles. The Bertz CT molecular complexity index is 5110. The summed E-state index contributed by atoms with van der Waals surface area (Å²) in [6.45, 7) is 9.58. The molecule has 0 saturated heterocycles. The minimum atomic E-state index is 0.336. The van der Waals surface area contributed by atoms with Gasteiger partial charge in [0.15, 0.2) is 16.7 Å². The van der Waals surface area contributed by atoms with Gasteiger partial charge in [0.2, 0.25) is 5.69 Å². The maximum Gasteiger partial charge on any atom is 0.236 e. The third-order valence-electron chi connectivity index (χ3n) is 14.7. The van der Waals surface area contributed by atoms with Gasteiger partial charge in [0.1, 0.15) is 22.8 Å². The molecule has 0 N–H and O–H groups in total. The number of hydrogen-bond acceptors (Lipinski definition) is 4. The van der Waals surface area contributed by atoms with Crippen molar-refractivity contribution in [1.82, 2.24) is 13.7 Å². The number of benzene rings is 10. The largest absolute Gasteiger partial charge is 0.454 e. The molecule has 0 saturated carbocycles. The number of nitriles is 1. The fraction of sp³-hybridized carbons (Fsp3) is 0. The zero-order valence-corrected chi connectivity index (χ0v) is 36.9. The summed E-state index contributed by atoms with van der Waals surface area (Å²) >= 11 is 0. The van der Waals surface area contributed by atoms with Crippen molar-refractivity contribution in [3.8, 4) is 23.1 Å². The molecule has 322 valence electrons. The molecular formula is C62H31N5O3. The molecule has 0 amide bonds. The Morgan fingerprint density at radius 1 is 0.371 bits per heavy atom. The van der Waals surface area contributed by atoms with Gasteiger partial charge in [0.05, 0.1) is 62.3 Å². The number of para-hydroxylation sites is 6. The highest BCUT2D eigenvalue weighted by Crippen LogP contribution is 2.51. The molecular weight excluding hydrogens is 863 g/mol. The van der Waals surface area contributed by atoms with Crippen LogP contribution in [-0.2, 0) is 0 Å². The Labute approximate surface area is 395 Å². The lowest BCUT2D eigenvalue weighted by atomic mass is 10.0. The van der Waals surface area contributed by atoms with Crippen LogP contribution in [0.15, 0.2) is 201 Å². The van der Waals surface area contributed by atoms with E-state index in [-0.39, 0.29) is 0 Å². The summed E-state index contributed by atoms with van der Waals surface area (Å²) in [5.41, 5.74) is 11.7. The van der Waals surface area contributed by atoms with Crippen LogP contribution in [0.25, 0.3) is 153 Å². The van der Waals surface area contributed by atoms with Gasteiger partial charge in [-0.1, -0.05) is 127 Å². The molecule has 8 nitrogen and oxygen atoms in total. The summed E-state index contributed by atoms with van der Waals surface area (Å²) < 4.78 is 27.2. The third kappa shape index (κ3) is 4.57. The van der Waals surface area contributed by atoms with Crippen molar-refractivity contribution in [2.24, 2.45) is 0 Å². The summed E-state index contributed by atoms with van der Waals surface area (Å²) in [6, 6.07) is 66.6. The van der Waals surface area contributed by atoms with Crippen LogP contribution in [0.1, 0.15) is 5.56 Å². The second-order valence-electron chi connectivity index (χ2n) is 18.1. The summed E-state index contributed by atoms with van der Waals surface area (Å²) in [5, 5.41) is 23.7. The van der Waals surface area contributed by atoms with Gasteiger partial charge in [0, 0.05) is 64.6 Å². The van der Waals surface area contributed by atoms with Crippen molar-refractivity contribution in [3.05, 3.63) is 205 Å². The average molecular weight is 894 g/mol. The molecule has 6 heterocycles. The minimum absolute atomic E-state index is 0.336. The number of hydrogen-bond donors (Lipinski definition) is 0. The minimum Gasteiger partial charge on any atom is -0.454 e. The molecule has 70 heavy (non-hydrogen) atoms. The first-order chi connectivity index (χ1) is 34.7. The van der Waals surface area contributed by atoms with E-state index in [1.807, 2.05) is 97.1 Å². The molecule has 0 bridgehead atoms. The van der Waals surface area contributed by atoms with Crippen molar-refractivity contribution >= 4 is 137 Å². The first-order valence-corrected chi connectivity index (χ1v) is 23.2. The van der Waals surface area contributed by atoms with E-state index in [1.165, 1.54) is 0 Å². The van der Waals surface area contributed by atoms with Crippen LogP contribution in [0.2, 0.25) is 0 Å². The average Bonchev–Trinajstić information content (AvgIpc) is 4.27. The zero-order valence-electron chi connectivity index (χ0n) is 36.9. The molecule has 0 aliphatic rings. The predicted octanol–water partition coefficient (Wildman–Crippen LogP) is 17.1. The van der Waals surface area contributed by atoms with Crippen molar-refractivity contribution in [2.75, 3.05) is 0 Å². The number of fused-ring (bicyclic) bond motifs is 21. The van der Waals surface area contributed by atoms with Crippen molar-refractivity contribution in [3.63, 3.8) is 0 Å².